The fourth-order valence-electron chi connectivity index (χ4n) is 3.11. The van der Waals surface area contributed by atoms with Gasteiger partial charge in [-0.1, -0.05) is 25.0 Å². The molecule has 1 unspecified atom stereocenters. The number of benzene rings is 1. The molecule has 0 aliphatic heterocycles. The van der Waals surface area contributed by atoms with E-state index in [0.717, 1.165) is 25.7 Å². The smallest absolute Gasteiger partial charge is 0.0771 e. The molecule has 1 aromatic carbocycles. The fourth-order valence-corrected chi connectivity index (χ4v) is 3.11. The molecule has 2 nitrogen and oxygen atoms in total. The van der Waals surface area contributed by atoms with Crippen LogP contribution in [0.5, 0.6) is 0 Å². The number of hydrogen-bond donors (Lipinski definition) is 2. The van der Waals surface area contributed by atoms with Gasteiger partial charge in [0.1, 0.15) is 0 Å². The Morgan fingerprint density at radius 2 is 1.68 bits per heavy atom. The lowest BCUT2D eigenvalue weighted by Crippen LogP contribution is -2.39. The van der Waals surface area contributed by atoms with Gasteiger partial charge in [-0.2, -0.15) is 0 Å². The van der Waals surface area contributed by atoms with Crippen LogP contribution in [-0.4, -0.2) is 17.3 Å². The van der Waals surface area contributed by atoms with E-state index >= 15 is 0 Å². The van der Waals surface area contributed by atoms with Crippen molar-refractivity contribution in [3.05, 3.63) is 34.4 Å². The summed E-state index contributed by atoms with van der Waals surface area (Å²) in [7, 11) is 0. The Labute approximate surface area is 117 Å². The van der Waals surface area contributed by atoms with Crippen LogP contribution >= 0.6 is 0 Å². The molecule has 2 heteroatoms. The highest BCUT2D eigenvalue weighted by molar-refractivity contribution is 5.38. The summed E-state index contributed by atoms with van der Waals surface area (Å²) in [6.07, 6.45) is 4.21. The van der Waals surface area contributed by atoms with Gasteiger partial charge in [-0.3, -0.25) is 0 Å². The lowest BCUT2D eigenvalue weighted by Gasteiger charge is -2.26. The molecule has 1 atom stereocenters. The first kappa shape index (κ1) is 14.5. The highest BCUT2D eigenvalue weighted by atomic mass is 16.3. The minimum atomic E-state index is -0.470. The van der Waals surface area contributed by atoms with E-state index in [-0.39, 0.29) is 0 Å². The molecule has 0 aromatic heterocycles. The molecule has 0 saturated heterocycles. The second-order valence-electron chi connectivity index (χ2n) is 6.33. The molecule has 0 heterocycles. The monoisotopic (exact) mass is 261 g/mol. The third-order valence-electron chi connectivity index (χ3n) is 4.62. The van der Waals surface area contributed by atoms with Crippen molar-refractivity contribution in [3.63, 3.8) is 0 Å². The largest absolute Gasteiger partial charge is 0.389 e. The number of aryl methyl sites for hydroxylation is 3. The molecule has 1 aliphatic carbocycles. The Morgan fingerprint density at radius 1 is 1.11 bits per heavy atom. The summed E-state index contributed by atoms with van der Waals surface area (Å²) >= 11 is 0. The second-order valence-corrected chi connectivity index (χ2v) is 6.33. The maximum atomic E-state index is 10.4. The average molecular weight is 261 g/mol. The van der Waals surface area contributed by atoms with Gasteiger partial charge in [0.2, 0.25) is 0 Å². The maximum Gasteiger partial charge on any atom is 0.0771 e. The van der Waals surface area contributed by atoms with Gasteiger partial charge in [0, 0.05) is 12.6 Å². The van der Waals surface area contributed by atoms with E-state index in [9.17, 15) is 5.11 Å². The fraction of sp³-hybridized carbons (Fsp3) is 0.647. The third kappa shape index (κ3) is 3.37. The predicted octanol–water partition coefficient (Wildman–Crippen LogP) is 3.57. The summed E-state index contributed by atoms with van der Waals surface area (Å²) in [6.45, 7) is 9.39. The van der Waals surface area contributed by atoms with E-state index in [1.54, 1.807) is 0 Å². The highest BCUT2D eigenvalue weighted by Crippen LogP contribution is 2.30. The van der Waals surface area contributed by atoms with Crippen LogP contribution in [0.3, 0.4) is 0 Å². The van der Waals surface area contributed by atoms with E-state index in [1.807, 2.05) is 0 Å². The Balaban J connectivity index is 2.03. The standard InChI is InChI=1S/C17H27NO/c1-12-9-14(3)16(10-13(12)2)15(4)18-11-17(19)7-5-6-8-17/h9-10,15,18-19H,5-8,11H2,1-4H3. The van der Waals surface area contributed by atoms with Crippen molar-refractivity contribution in [1.29, 1.82) is 0 Å². The van der Waals surface area contributed by atoms with Crippen molar-refractivity contribution < 1.29 is 5.11 Å². The van der Waals surface area contributed by atoms with Crippen LogP contribution in [0.15, 0.2) is 12.1 Å². The molecule has 1 saturated carbocycles. The van der Waals surface area contributed by atoms with Crippen molar-refractivity contribution in [2.24, 2.45) is 0 Å². The minimum absolute atomic E-state index is 0.295. The Kier molecular flexibility index (Phi) is 4.32. The molecule has 2 N–H and O–H groups in total. The zero-order valence-electron chi connectivity index (χ0n) is 12.7. The molecule has 0 spiro atoms. The van der Waals surface area contributed by atoms with E-state index in [0.29, 0.717) is 12.6 Å². The van der Waals surface area contributed by atoms with Crippen LogP contribution in [0, 0.1) is 20.8 Å². The maximum absolute atomic E-state index is 10.4. The van der Waals surface area contributed by atoms with E-state index in [4.69, 9.17) is 0 Å². The first-order valence-corrected chi connectivity index (χ1v) is 7.45. The normalized spacial score (nSPS) is 19.6. The first-order valence-electron chi connectivity index (χ1n) is 7.45. The van der Waals surface area contributed by atoms with Crippen LogP contribution in [0.25, 0.3) is 0 Å². The van der Waals surface area contributed by atoms with Crippen molar-refractivity contribution in [2.45, 2.75) is 65.0 Å². The molecule has 0 bridgehead atoms. The lowest BCUT2D eigenvalue weighted by atomic mass is 9.95. The highest BCUT2D eigenvalue weighted by Gasteiger charge is 2.31. The van der Waals surface area contributed by atoms with E-state index < -0.39 is 5.60 Å². The van der Waals surface area contributed by atoms with Crippen molar-refractivity contribution >= 4 is 0 Å². The third-order valence-corrected chi connectivity index (χ3v) is 4.62. The summed E-state index contributed by atoms with van der Waals surface area (Å²) in [5, 5.41) is 13.9. The van der Waals surface area contributed by atoms with Gasteiger partial charge in [0.05, 0.1) is 5.60 Å². The molecule has 106 valence electrons. The van der Waals surface area contributed by atoms with Gasteiger partial charge in [-0.15, -0.1) is 0 Å². The summed E-state index contributed by atoms with van der Waals surface area (Å²) in [5.41, 5.74) is 4.91. The quantitative estimate of drug-likeness (QED) is 0.868. The molecule has 0 amide bonds. The van der Waals surface area contributed by atoms with Crippen molar-refractivity contribution in [2.75, 3.05) is 6.54 Å². The minimum Gasteiger partial charge on any atom is -0.389 e. The zero-order chi connectivity index (χ0) is 14.0. The zero-order valence-corrected chi connectivity index (χ0v) is 12.7. The van der Waals surface area contributed by atoms with Crippen LogP contribution < -0.4 is 5.32 Å². The van der Waals surface area contributed by atoms with Crippen LogP contribution in [-0.2, 0) is 0 Å². The SMILES string of the molecule is Cc1cc(C)c(C(C)NCC2(O)CCCC2)cc1C. The van der Waals surface area contributed by atoms with Crippen molar-refractivity contribution in [3.8, 4) is 0 Å². The Morgan fingerprint density at radius 3 is 2.32 bits per heavy atom. The van der Waals surface area contributed by atoms with Gasteiger partial charge in [0.15, 0.2) is 0 Å². The number of rotatable bonds is 4. The summed E-state index contributed by atoms with van der Waals surface area (Å²) in [6, 6.07) is 4.83. The van der Waals surface area contributed by atoms with E-state index in [1.165, 1.54) is 22.3 Å². The van der Waals surface area contributed by atoms with Gasteiger partial charge in [-0.05, 0) is 62.8 Å². The molecule has 1 aliphatic rings. The van der Waals surface area contributed by atoms with Crippen LogP contribution in [0.4, 0.5) is 0 Å². The molecule has 1 aromatic rings. The predicted molar refractivity (Wildman–Crippen MR) is 80.5 cm³/mol. The molecule has 0 radical (unpaired) electrons. The number of hydrogen-bond acceptors (Lipinski definition) is 2. The van der Waals surface area contributed by atoms with Gasteiger partial charge in [-0.25, -0.2) is 0 Å². The van der Waals surface area contributed by atoms with Gasteiger partial charge in [0.25, 0.3) is 0 Å². The lowest BCUT2D eigenvalue weighted by molar-refractivity contribution is 0.0453. The van der Waals surface area contributed by atoms with Crippen LogP contribution in [0.1, 0.15) is 60.9 Å². The average Bonchev–Trinajstić information content (AvgIpc) is 2.78. The molecule has 1 fully saturated rings. The number of nitrogens with one attached hydrogen (secondary N) is 1. The Bertz CT molecular complexity index is 447. The molecule has 19 heavy (non-hydrogen) atoms. The molecular weight excluding hydrogens is 234 g/mol. The van der Waals surface area contributed by atoms with Gasteiger partial charge >= 0.3 is 0 Å². The van der Waals surface area contributed by atoms with E-state index in [2.05, 4.69) is 45.1 Å². The topological polar surface area (TPSA) is 32.3 Å². The summed E-state index contributed by atoms with van der Waals surface area (Å²) < 4.78 is 0. The Hall–Kier alpha value is -0.860. The van der Waals surface area contributed by atoms with Crippen molar-refractivity contribution in [1.82, 2.24) is 5.32 Å². The molecule has 2 rings (SSSR count). The molecular formula is C17H27NO. The van der Waals surface area contributed by atoms with Gasteiger partial charge < -0.3 is 10.4 Å². The second kappa shape index (κ2) is 5.64. The summed E-state index contributed by atoms with van der Waals surface area (Å²) in [5.74, 6) is 0. The van der Waals surface area contributed by atoms with Crippen LogP contribution in [0.2, 0.25) is 0 Å². The number of aliphatic hydroxyl groups is 1. The summed E-state index contributed by atoms with van der Waals surface area (Å²) in [4.78, 5) is 0. The first-order chi connectivity index (χ1) is 8.91.